The lowest BCUT2D eigenvalue weighted by Crippen LogP contribution is -2.33. The molecule has 110 valence electrons. The van der Waals surface area contributed by atoms with Gasteiger partial charge in [0, 0.05) is 10.4 Å². The Kier molecular flexibility index (Phi) is 3.54. The first kappa shape index (κ1) is 14.6. The summed E-state index contributed by atoms with van der Waals surface area (Å²) < 4.78 is 19.0. The van der Waals surface area contributed by atoms with E-state index in [9.17, 15) is 4.39 Å². The van der Waals surface area contributed by atoms with Crippen molar-refractivity contribution in [2.24, 2.45) is 5.41 Å². The van der Waals surface area contributed by atoms with Gasteiger partial charge in [0.25, 0.3) is 0 Å². The number of ether oxygens (including phenoxy) is 1. The van der Waals surface area contributed by atoms with Crippen LogP contribution < -0.4 is 0 Å². The van der Waals surface area contributed by atoms with E-state index in [-0.39, 0.29) is 16.8 Å². The zero-order valence-electron chi connectivity index (χ0n) is 12.2. The van der Waals surface area contributed by atoms with Gasteiger partial charge in [-0.15, -0.1) is 0 Å². The fourth-order valence-corrected chi connectivity index (χ4v) is 3.12. The van der Waals surface area contributed by atoms with Gasteiger partial charge in [0.05, 0.1) is 6.61 Å². The summed E-state index contributed by atoms with van der Waals surface area (Å²) in [5, 5.41) is 0.743. The maximum Gasteiger partial charge on any atom is 0.123 e. The van der Waals surface area contributed by atoms with Crippen LogP contribution in [0.15, 0.2) is 48.5 Å². The molecule has 0 radical (unpaired) electrons. The molecule has 0 spiro atoms. The summed E-state index contributed by atoms with van der Waals surface area (Å²) >= 11 is 5.94. The van der Waals surface area contributed by atoms with Gasteiger partial charge in [0.1, 0.15) is 11.4 Å². The van der Waals surface area contributed by atoms with E-state index in [4.69, 9.17) is 16.3 Å². The summed E-state index contributed by atoms with van der Waals surface area (Å²) in [6.45, 7) is 5.06. The minimum Gasteiger partial charge on any atom is -0.364 e. The largest absolute Gasteiger partial charge is 0.364 e. The Morgan fingerprint density at radius 3 is 2.19 bits per heavy atom. The Hall–Kier alpha value is -1.38. The van der Waals surface area contributed by atoms with Gasteiger partial charge >= 0.3 is 0 Å². The van der Waals surface area contributed by atoms with Gasteiger partial charge in [-0.2, -0.15) is 0 Å². The second kappa shape index (κ2) is 5.11. The molecule has 3 rings (SSSR count). The van der Waals surface area contributed by atoms with Crippen LogP contribution in [0, 0.1) is 11.2 Å². The van der Waals surface area contributed by atoms with Crippen molar-refractivity contribution in [1.82, 2.24) is 0 Å². The smallest absolute Gasteiger partial charge is 0.123 e. The van der Waals surface area contributed by atoms with E-state index in [2.05, 4.69) is 13.8 Å². The molecule has 1 heterocycles. The second-order valence-electron chi connectivity index (χ2n) is 6.31. The fraction of sp³-hybridized carbons (Fsp3) is 0.333. The molecular weight excluding hydrogens is 287 g/mol. The Morgan fingerprint density at radius 2 is 1.67 bits per heavy atom. The van der Waals surface area contributed by atoms with Crippen LogP contribution in [0.5, 0.6) is 0 Å². The van der Waals surface area contributed by atoms with Gasteiger partial charge in [-0.1, -0.05) is 49.7 Å². The first-order valence-corrected chi connectivity index (χ1v) is 7.45. The summed E-state index contributed by atoms with van der Waals surface area (Å²) in [7, 11) is 0. The molecule has 1 nitrogen and oxygen atoms in total. The Labute approximate surface area is 129 Å². The van der Waals surface area contributed by atoms with Crippen molar-refractivity contribution in [3.63, 3.8) is 0 Å². The maximum atomic E-state index is 13.1. The average molecular weight is 305 g/mol. The van der Waals surface area contributed by atoms with Gasteiger partial charge in [0.2, 0.25) is 0 Å². The third kappa shape index (κ3) is 2.70. The third-order valence-corrected chi connectivity index (χ3v) is 4.65. The summed E-state index contributed by atoms with van der Waals surface area (Å²) in [5.41, 5.74) is 1.86. The minimum atomic E-state index is -0.319. The van der Waals surface area contributed by atoms with E-state index < -0.39 is 0 Å². The number of epoxide rings is 1. The monoisotopic (exact) mass is 304 g/mol. The first-order valence-electron chi connectivity index (χ1n) is 7.07. The topological polar surface area (TPSA) is 12.5 Å². The van der Waals surface area contributed by atoms with Crippen LogP contribution in [0.4, 0.5) is 4.39 Å². The standard InChI is InChI=1S/C18H18ClFO/c1-17(2,11-13-3-7-15(19)8-4-13)18(12-21-18)14-5-9-16(20)10-6-14/h3-10H,11-12H2,1-2H3. The fourth-order valence-electron chi connectivity index (χ4n) is 2.99. The molecule has 2 aromatic rings. The summed E-state index contributed by atoms with van der Waals surface area (Å²) in [4.78, 5) is 0. The lowest BCUT2D eigenvalue weighted by atomic mass is 9.71. The predicted octanol–water partition coefficient (Wildman–Crippen LogP) is 4.97. The van der Waals surface area contributed by atoms with E-state index in [0.717, 1.165) is 17.0 Å². The van der Waals surface area contributed by atoms with Gasteiger partial charge in [-0.05, 0) is 41.8 Å². The highest BCUT2D eigenvalue weighted by Crippen LogP contribution is 2.54. The van der Waals surface area contributed by atoms with E-state index >= 15 is 0 Å². The molecule has 0 amide bonds. The molecule has 2 aromatic carbocycles. The van der Waals surface area contributed by atoms with E-state index in [1.54, 1.807) is 0 Å². The van der Waals surface area contributed by atoms with Crippen molar-refractivity contribution in [3.8, 4) is 0 Å². The highest BCUT2D eigenvalue weighted by atomic mass is 35.5. The van der Waals surface area contributed by atoms with Crippen molar-refractivity contribution < 1.29 is 9.13 Å². The number of hydrogen-bond donors (Lipinski definition) is 0. The quantitative estimate of drug-likeness (QED) is 0.726. The van der Waals surface area contributed by atoms with Crippen LogP contribution in [-0.2, 0) is 16.8 Å². The Morgan fingerprint density at radius 1 is 1.10 bits per heavy atom. The van der Waals surface area contributed by atoms with Crippen molar-refractivity contribution in [2.75, 3.05) is 6.61 Å². The molecular formula is C18H18ClFO. The average Bonchev–Trinajstić information content (AvgIpc) is 3.24. The van der Waals surface area contributed by atoms with Crippen molar-refractivity contribution in [2.45, 2.75) is 25.9 Å². The van der Waals surface area contributed by atoms with Gasteiger partial charge in [0.15, 0.2) is 0 Å². The zero-order chi connectivity index (χ0) is 15.1. The molecule has 0 N–H and O–H groups in total. The number of benzene rings is 2. The Bertz CT molecular complexity index is 627. The SMILES string of the molecule is CC(C)(Cc1ccc(Cl)cc1)C1(c2ccc(F)cc2)CO1. The molecule has 21 heavy (non-hydrogen) atoms. The molecule has 1 unspecified atom stereocenters. The van der Waals surface area contributed by atoms with Gasteiger partial charge < -0.3 is 4.74 Å². The van der Waals surface area contributed by atoms with Crippen LogP contribution >= 0.6 is 11.6 Å². The van der Waals surface area contributed by atoms with E-state index in [1.807, 2.05) is 36.4 Å². The molecule has 3 heteroatoms. The normalized spacial score (nSPS) is 21.3. The van der Waals surface area contributed by atoms with Crippen molar-refractivity contribution in [1.29, 1.82) is 0 Å². The van der Waals surface area contributed by atoms with Gasteiger partial charge in [-0.25, -0.2) is 4.39 Å². The van der Waals surface area contributed by atoms with Crippen molar-refractivity contribution >= 4 is 11.6 Å². The van der Waals surface area contributed by atoms with Gasteiger partial charge in [-0.3, -0.25) is 0 Å². The summed E-state index contributed by atoms with van der Waals surface area (Å²) in [6, 6.07) is 14.6. The van der Waals surface area contributed by atoms with Crippen LogP contribution in [0.1, 0.15) is 25.0 Å². The highest BCUT2D eigenvalue weighted by molar-refractivity contribution is 6.30. The number of rotatable bonds is 4. The molecule has 1 atom stereocenters. The molecule has 1 aliphatic rings. The molecule has 0 bridgehead atoms. The molecule has 0 saturated carbocycles. The predicted molar refractivity (Wildman–Crippen MR) is 83.0 cm³/mol. The molecule has 1 fully saturated rings. The first-order chi connectivity index (χ1) is 9.93. The molecule has 1 aliphatic heterocycles. The summed E-state index contributed by atoms with van der Waals surface area (Å²) in [5.74, 6) is -0.218. The Balaban J connectivity index is 1.86. The molecule has 0 aliphatic carbocycles. The number of halogens is 2. The second-order valence-corrected chi connectivity index (χ2v) is 6.75. The maximum absolute atomic E-state index is 13.1. The lowest BCUT2D eigenvalue weighted by Gasteiger charge is -2.32. The van der Waals surface area contributed by atoms with Crippen LogP contribution in [0.25, 0.3) is 0 Å². The van der Waals surface area contributed by atoms with E-state index in [1.165, 1.54) is 17.7 Å². The lowest BCUT2D eigenvalue weighted by molar-refractivity contribution is 0.136. The van der Waals surface area contributed by atoms with Crippen LogP contribution in [0.2, 0.25) is 5.02 Å². The summed E-state index contributed by atoms with van der Waals surface area (Å²) in [6.07, 6.45) is 0.877. The van der Waals surface area contributed by atoms with Crippen LogP contribution in [0.3, 0.4) is 0 Å². The van der Waals surface area contributed by atoms with E-state index in [0.29, 0.717) is 6.61 Å². The minimum absolute atomic E-state index is 0.0847. The van der Waals surface area contributed by atoms with Crippen LogP contribution in [-0.4, -0.2) is 6.61 Å². The number of hydrogen-bond acceptors (Lipinski definition) is 1. The van der Waals surface area contributed by atoms with Crippen molar-refractivity contribution in [3.05, 3.63) is 70.5 Å². The zero-order valence-corrected chi connectivity index (χ0v) is 13.0. The molecule has 1 saturated heterocycles. The third-order valence-electron chi connectivity index (χ3n) is 4.40. The highest BCUT2D eigenvalue weighted by Gasteiger charge is 2.57. The molecule has 0 aromatic heterocycles.